The van der Waals surface area contributed by atoms with Crippen LogP contribution in [0.4, 0.5) is 0 Å². The van der Waals surface area contributed by atoms with Gasteiger partial charge in [-0.25, -0.2) is 0 Å². The van der Waals surface area contributed by atoms with E-state index in [1.54, 1.807) is 13.3 Å². The van der Waals surface area contributed by atoms with E-state index < -0.39 is 0 Å². The normalized spacial score (nSPS) is 10.3. The van der Waals surface area contributed by atoms with Gasteiger partial charge in [0, 0.05) is 20.9 Å². The number of ether oxygens (including phenoxy) is 2. The summed E-state index contributed by atoms with van der Waals surface area (Å²) in [5.41, 5.74) is 2.70. The number of hydrogen-bond donors (Lipinski definition) is 1. The Kier molecular flexibility index (Phi) is 6.20. The fourth-order valence-corrected chi connectivity index (χ4v) is 2.52. The smallest absolute Gasteiger partial charge is 0.258 e. The Morgan fingerprint density at radius 2 is 1.96 bits per heavy atom. The number of pyridine rings is 1. The molecule has 5 nitrogen and oxygen atoms in total. The van der Waals surface area contributed by atoms with Gasteiger partial charge >= 0.3 is 0 Å². The second-order valence-corrected chi connectivity index (χ2v) is 6.31. The average molecular weight is 426 g/mol. The summed E-state index contributed by atoms with van der Waals surface area (Å²) in [7, 11) is 1.63. The van der Waals surface area contributed by atoms with Gasteiger partial charge in [-0.05, 0) is 60.7 Å². The van der Waals surface area contributed by atoms with Crippen LogP contribution < -0.4 is 14.8 Å². The van der Waals surface area contributed by atoms with Crippen molar-refractivity contribution >= 4 is 28.5 Å². The molecule has 0 unspecified atom stereocenters. The molecule has 0 bridgehead atoms. The van der Waals surface area contributed by atoms with E-state index in [2.05, 4.69) is 32.9 Å². The van der Waals surface area contributed by atoms with Gasteiger partial charge in [0.15, 0.2) is 6.61 Å². The highest BCUT2D eigenvalue weighted by Gasteiger charge is 2.10. The average Bonchev–Trinajstić information content (AvgIpc) is 2.54. The second-order valence-electron chi connectivity index (χ2n) is 5.07. The van der Waals surface area contributed by atoms with Crippen molar-refractivity contribution in [3.63, 3.8) is 0 Å². The van der Waals surface area contributed by atoms with Gasteiger partial charge in [-0.15, -0.1) is 0 Å². The maximum atomic E-state index is 11.9. The van der Waals surface area contributed by atoms with Crippen molar-refractivity contribution in [1.29, 1.82) is 0 Å². The first kappa shape index (κ1) is 17.5. The molecule has 1 aromatic heterocycles. The quantitative estimate of drug-likeness (QED) is 0.722. The van der Waals surface area contributed by atoms with Crippen LogP contribution in [0.25, 0.3) is 0 Å². The molecule has 0 fully saturated rings. The fraction of sp³-hybridized carbons (Fsp3) is 0.294. The van der Waals surface area contributed by atoms with Crippen molar-refractivity contribution in [3.05, 3.63) is 50.9 Å². The summed E-state index contributed by atoms with van der Waals surface area (Å²) in [5, 5.41) is 2.81. The number of rotatable bonds is 6. The largest absolute Gasteiger partial charge is 0.496 e. The number of halogens is 1. The lowest BCUT2D eigenvalue weighted by molar-refractivity contribution is -0.123. The van der Waals surface area contributed by atoms with Gasteiger partial charge in [0.1, 0.15) is 11.5 Å². The lowest BCUT2D eigenvalue weighted by Crippen LogP contribution is -2.29. The summed E-state index contributed by atoms with van der Waals surface area (Å²) in [6.45, 7) is 4.19. The molecule has 0 saturated carbocycles. The van der Waals surface area contributed by atoms with Crippen molar-refractivity contribution < 1.29 is 14.3 Å². The number of aromatic nitrogens is 1. The molecule has 0 aliphatic rings. The lowest BCUT2D eigenvalue weighted by Gasteiger charge is -2.13. The van der Waals surface area contributed by atoms with Crippen molar-refractivity contribution in [2.24, 2.45) is 0 Å². The Morgan fingerprint density at radius 1 is 1.26 bits per heavy atom. The van der Waals surface area contributed by atoms with Gasteiger partial charge < -0.3 is 14.8 Å². The topological polar surface area (TPSA) is 60.5 Å². The van der Waals surface area contributed by atoms with Gasteiger partial charge in [-0.1, -0.05) is 0 Å². The van der Waals surface area contributed by atoms with Crippen LogP contribution in [-0.2, 0) is 11.3 Å². The zero-order valence-electron chi connectivity index (χ0n) is 13.4. The number of aryl methyl sites for hydroxylation is 1. The predicted molar refractivity (Wildman–Crippen MR) is 96.8 cm³/mol. The van der Waals surface area contributed by atoms with E-state index >= 15 is 0 Å². The monoisotopic (exact) mass is 426 g/mol. The fourth-order valence-electron chi connectivity index (χ4n) is 2.16. The molecule has 0 atom stereocenters. The zero-order chi connectivity index (χ0) is 16.8. The minimum absolute atomic E-state index is 0.0252. The Hall–Kier alpha value is -1.83. The van der Waals surface area contributed by atoms with Gasteiger partial charge in [0.25, 0.3) is 5.91 Å². The minimum Gasteiger partial charge on any atom is -0.496 e. The predicted octanol–water partition coefficient (Wildman–Crippen LogP) is 3.01. The number of carbonyl (C=O) groups is 1. The van der Waals surface area contributed by atoms with Gasteiger partial charge in [0.2, 0.25) is 0 Å². The lowest BCUT2D eigenvalue weighted by atomic mass is 10.1. The van der Waals surface area contributed by atoms with E-state index in [0.29, 0.717) is 12.3 Å². The van der Waals surface area contributed by atoms with E-state index in [1.807, 2.05) is 38.1 Å². The van der Waals surface area contributed by atoms with Crippen molar-refractivity contribution in [1.82, 2.24) is 10.3 Å². The zero-order valence-corrected chi connectivity index (χ0v) is 15.5. The number of nitrogens with one attached hydrogen (secondary N) is 1. The van der Waals surface area contributed by atoms with Crippen LogP contribution in [0.3, 0.4) is 0 Å². The van der Waals surface area contributed by atoms with Crippen LogP contribution in [0.1, 0.15) is 16.8 Å². The summed E-state index contributed by atoms with van der Waals surface area (Å²) < 4.78 is 11.9. The molecular formula is C17H19IN2O3. The highest BCUT2D eigenvalue weighted by molar-refractivity contribution is 14.1. The first-order chi connectivity index (χ1) is 11.0. The molecule has 1 heterocycles. The summed E-state index contributed by atoms with van der Waals surface area (Å²) in [6.07, 6.45) is 1.75. The van der Waals surface area contributed by atoms with Crippen LogP contribution in [0.15, 0.2) is 30.5 Å². The van der Waals surface area contributed by atoms with Crippen LogP contribution in [0.2, 0.25) is 0 Å². The standard InChI is InChI=1S/C17H19IN2O3/c1-11-8-19-15(12(2)17(11)22-3)9-20-16(21)10-23-14-6-4-13(18)5-7-14/h4-8H,9-10H2,1-3H3,(H,20,21). The summed E-state index contributed by atoms with van der Waals surface area (Å²) >= 11 is 2.22. The molecule has 0 saturated heterocycles. The minimum atomic E-state index is -0.190. The first-order valence-corrected chi connectivity index (χ1v) is 8.23. The van der Waals surface area contributed by atoms with Crippen molar-refractivity contribution in [3.8, 4) is 11.5 Å². The van der Waals surface area contributed by atoms with E-state index in [-0.39, 0.29) is 12.5 Å². The maximum Gasteiger partial charge on any atom is 0.258 e. The van der Waals surface area contributed by atoms with Crippen molar-refractivity contribution in [2.45, 2.75) is 20.4 Å². The number of nitrogens with zero attached hydrogens (tertiary/aromatic N) is 1. The molecule has 2 aromatic rings. The maximum absolute atomic E-state index is 11.9. The third-order valence-corrected chi connectivity index (χ3v) is 4.11. The van der Waals surface area contributed by atoms with E-state index in [9.17, 15) is 4.79 Å². The molecule has 2 rings (SSSR count). The Labute approximate surface area is 149 Å². The SMILES string of the molecule is COc1c(C)cnc(CNC(=O)COc2ccc(I)cc2)c1C. The molecule has 1 amide bonds. The third kappa shape index (κ3) is 4.82. The van der Waals surface area contributed by atoms with Gasteiger partial charge in [-0.3, -0.25) is 9.78 Å². The summed E-state index contributed by atoms with van der Waals surface area (Å²) in [5.74, 6) is 1.29. The number of methoxy groups -OCH3 is 1. The Morgan fingerprint density at radius 3 is 2.61 bits per heavy atom. The molecular weight excluding hydrogens is 407 g/mol. The van der Waals surface area contributed by atoms with Crippen LogP contribution in [0, 0.1) is 17.4 Å². The van der Waals surface area contributed by atoms with Crippen LogP contribution in [0.5, 0.6) is 11.5 Å². The number of benzene rings is 1. The third-order valence-electron chi connectivity index (χ3n) is 3.39. The van der Waals surface area contributed by atoms with E-state index in [0.717, 1.165) is 26.1 Å². The molecule has 0 spiro atoms. The molecule has 0 radical (unpaired) electrons. The first-order valence-electron chi connectivity index (χ1n) is 7.15. The highest BCUT2D eigenvalue weighted by atomic mass is 127. The molecule has 23 heavy (non-hydrogen) atoms. The van der Waals surface area contributed by atoms with Gasteiger partial charge in [0.05, 0.1) is 19.3 Å². The van der Waals surface area contributed by atoms with Crippen molar-refractivity contribution in [2.75, 3.05) is 13.7 Å². The number of amides is 1. The molecule has 0 aliphatic heterocycles. The van der Waals surface area contributed by atoms with E-state index in [4.69, 9.17) is 9.47 Å². The summed E-state index contributed by atoms with van der Waals surface area (Å²) in [6, 6.07) is 7.54. The van der Waals surface area contributed by atoms with Crippen LogP contribution in [-0.4, -0.2) is 24.6 Å². The van der Waals surface area contributed by atoms with Gasteiger partial charge in [-0.2, -0.15) is 0 Å². The van der Waals surface area contributed by atoms with Crippen LogP contribution >= 0.6 is 22.6 Å². The second kappa shape index (κ2) is 8.14. The van der Waals surface area contributed by atoms with E-state index in [1.165, 1.54) is 0 Å². The highest BCUT2D eigenvalue weighted by Crippen LogP contribution is 2.23. The number of hydrogen-bond acceptors (Lipinski definition) is 4. The molecule has 1 N–H and O–H groups in total. The molecule has 0 aliphatic carbocycles. The molecule has 1 aromatic carbocycles. The molecule has 6 heteroatoms. The molecule has 122 valence electrons. The summed E-state index contributed by atoms with van der Waals surface area (Å²) in [4.78, 5) is 16.2. The Bertz CT molecular complexity index is 687. The number of carbonyl (C=O) groups excluding carboxylic acids is 1. The Balaban J connectivity index is 1.88.